The zero-order valence-electron chi connectivity index (χ0n) is 21.2. The monoisotopic (exact) mass is 558 g/mol. The van der Waals surface area contributed by atoms with Crippen molar-refractivity contribution < 1.29 is 8.42 Å². The van der Waals surface area contributed by atoms with Gasteiger partial charge in [-0.05, 0) is 29.3 Å². The van der Waals surface area contributed by atoms with Gasteiger partial charge in [0.2, 0.25) is 10.0 Å². The molecule has 0 atom stereocenters. The Hall–Kier alpha value is -3.79. The van der Waals surface area contributed by atoms with Gasteiger partial charge in [0.05, 0.1) is 23.0 Å². The minimum Gasteiger partial charge on any atom is -0.353 e. The molecule has 5 aromatic rings. The Kier molecular flexibility index (Phi) is 7.03. The van der Waals surface area contributed by atoms with Crippen molar-refractivity contribution in [3.05, 3.63) is 113 Å². The fourth-order valence-corrected chi connectivity index (χ4v) is 6.59. The number of piperazine rings is 1. The molecule has 0 N–H and O–H groups in total. The van der Waals surface area contributed by atoms with E-state index in [0.717, 1.165) is 28.0 Å². The highest BCUT2D eigenvalue weighted by Gasteiger charge is 2.29. The maximum atomic E-state index is 13.1. The zero-order valence-corrected chi connectivity index (χ0v) is 22.8. The van der Waals surface area contributed by atoms with Gasteiger partial charge in [-0.1, -0.05) is 78.3 Å². The fourth-order valence-electron chi connectivity index (χ4n) is 4.89. The van der Waals surface area contributed by atoms with E-state index in [0.29, 0.717) is 49.1 Å². The minimum absolute atomic E-state index is 0.000772. The number of rotatable bonds is 7. The number of halogens is 1. The normalized spacial score (nSPS) is 14.6. The van der Waals surface area contributed by atoms with Crippen LogP contribution in [0.4, 0.5) is 5.82 Å². The van der Waals surface area contributed by atoms with Gasteiger partial charge in [-0.25, -0.2) is 23.1 Å². The van der Waals surface area contributed by atoms with Crippen LogP contribution in [0.15, 0.2) is 91.1 Å². The summed E-state index contributed by atoms with van der Waals surface area (Å²) in [6.07, 6.45) is 2.34. The van der Waals surface area contributed by atoms with E-state index in [-0.39, 0.29) is 5.75 Å². The van der Waals surface area contributed by atoms with Gasteiger partial charge in [0.15, 0.2) is 5.65 Å². The standard InChI is InChI=1S/C29H27ClN6O2S/c30-24-12-7-13-25(19-24)36-29-26(20-31-36)28(32-27(33-29)18-22-8-3-1-4-9-22)34-14-16-35(17-15-34)39(37,38)21-23-10-5-2-6-11-23/h1-13,19-20H,14-18,21H2. The molecule has 0 aliphatic carbocycles. The number of nitrogens with zero attached hydrogens (tertiary/aromatic N) is 6. The van der Waals surface area contributed by atoms with Crippen LogP contribution in [-0.2, 0) is 22.2 Å². The Bertz CT molecular complexity index is 1700. The highest BCUT2D eigenvalue weighted by atomic mass is 35.5. The zero-order chi connectivity index (χ0) is 26.8. The number of hydrogen-bond donors (Lipinski definition) is 0. The molecule has 1 aliphatic heterocycles. The molecule has 8 nitrogen and oxygen atoms in total. The topological polar surface area (TPSA) is 84.2 Å². The van der Waals surface area contributed by atoms with E-state index in [2.05, 4.69) is 22.1 Å². The number of aromatic nitrogens is 4. The Labute approximate surface area is 232 Å². The average Bonchev–Trinajstić information content (AvgIpc) is 3.38. The summed E-state index contributed by atoms with van der Waals surface area (Å²) in [5, 5.41) is 6.06. The van der Waals surface area contributed by atoms with Crippen LogP contribution in [0.25, 0.3) is 16.7 Å². The summed E-state index contributed by atoms with van der Waals surface area (Å²) in [6, 6.07) is 26.9. The Morgan fingerprint density at radius 1 is 0.795 bits per heavy atom. The van der Waals surface area contributed by atoms with E-state index in [1.165, 1.54) is 0 Å². The van der Waals surface area contributed by atoms with Crippen molar-refractivity contribution in [3.8, 4) is 5.69 Å². The quantitative estimate of drug-likeness (QED) is 0.288. The van der Waals surface area contributed by atoms with Gasteiger partial charge in [-0.2, -0.15) is 9.40 Å². The van der Waals surface area contributed by atoms with Crippen molar-refractivity contribution in [1.82, 2.24) is 24.1 Å². The molecule has 0 bridgehead atoms. The fraction of sp³-hybridized carbons (Fsp3) is 0.207. The lowest BCUT2D eigenvalue weighted by atomic mass is 10.1. The molecule has 6 rings (SSSR count). The van der Waals surface area contributed by atoms with Gasteiger partial charge < -0.3 is 4.90 Å². The average molecular weight is 559 g/mol. The first-order chi connectivity index (χ1) is 19.0. The van der Waals surface area contributed by atoms with Crippen LogP contribution in [0.3, 0.4) is 0 Å². The molecular weight excluding hydrogens is 532 g/mol. The van der Waals surface area contributed by atoms with Gasteiger partial charge in [-0.3, -0.25) is 0 Å². The van der Waals surface area contributed by atoms with Gasteiger partial charge in [0, 0.05) is 37.6 Å². The first-order valence-corrected chi connectivity index (χ1v) is 14.8. The predicted octanol–water partition coefficient (Wildman–Crippen LogP) is 4.71. The molecule has 39 heavy (non-hydrogen) atoms. The molecule has 1 saturated heterocycles. The van der Waals surface area contributed by atoms with Crippen molar-refractivity contribution in [3.63, 3.8) is 0 Å². The number of anilines is 1. The molecule has 3 aromatic carbocycles. The lowest BCUT2D eigenvalue weighted by Crippen LogP contribution is -2.49. The van der Waals surface area contributed by atoms with E-state index in [9.17, 15) is 8.42 Å². The summed E-state index contributed by atoms with van der Waals surface area (Å²) in [4.78, 5) is 12.0. The van der Waals surface area contributed by atoms with Crippen molar-refractivity contribution in [2.45, 2.75) is 12.2 Å². The molecule has 1 fully saturated rings. The Morgan fingerprint density at radius 3 is 2.18 bits per heavy atom. The van der Waals surface area contributed by atoms with Crippen molar-refractivity contribution in [2.75, 3.05) is 31.1 Å². The third-order valence-corrected chi connectivity index (χ3v) is 8.92. The molecule has 10 heteroatoms. The lowest BCUT2D eigenvalue weighted by molar-refractivity contribution is 0.383. The van der Waals surface area contributed by atoms with Crippen molar-refractivity contribution in [2.24, 2.45) is 0 Å². The molecule has 0 spiro atoms. The van der Waals surface area contributed by atoms with Gasteiger partial charge in [-0.15, -0.1) is 0 Å². The van der Waals surface area contributed by atoms with Crippen LogP contribution >= 0.6 is 11.6 Å². The second-order valence-corrected chi connectivity index (χ2v) is 11.9. The third kappa shape index (κ3) is 5.52. The van der Waals surface area contributed by atoms with Gasteiger partial charge in [0.1, 0.15) is 11.6 Å². The number of benzene rings is 3. The smallest absolute Gasteiger partial charge is 0.218 e. The summed E-state index contributed by atoms with van der Waals surface area (Å²) >= 11 is 6.27. The number of fused-ring (bicyclic) bond motifs is 1. The number of hydrogen-bond acceptors (Lipinski definition) is 6. The maximum Gasteiger partial charge on any atom is 0.218 e. The SMILES string of the molecule is O=S(=O)(Cc1ccccc1)N1CCN(c2nc(Cc3ccccc3)nc3c2cnn3-c2cccc(Cl)c2)CC1. The molecule has 1 aliphatic rings. The van der Waals surface area contributed by atoms with Gasteiger partial charge in [0.25, 0.3) is 0 Å². The molecule has 3 heterocycles. The van der Waals surface area contributed by atoms with E-state index in [1.807, 2.05) is 72.8 Å². The van der Waals surface area contributed by atoms with Crippen molar-refractivity contribution in [1.29, 1.82) is 0 Å². The predicted molar refractivity (Wildman–Crippen MR) is 154 cm³/mol. The largest absolute Gasteiger partial charge is 0.353 e. The first kappa shape index (κ1) is 25.5. The number of sulfonamides is 1. The van der Waals surface area contributed by atoms with E-state index >= 15 is 0 Å². The van der Waals surface area contributed by atoms with Crippen LogP contribution in [-0.4, -0.2) is 58.7 Å². The molecule has 0 amide bonds. The highest BCUT2D eigenvalue weighted by Crippen LogP contribution is 2.28. The Balaban J connectivity index is 1.32. The summed E-state index contributed by atoms with van der Waals surface area (Å²) in [6.45, 7) is 1.81. The van der Waals surface area contributed by atoms with E-state index < -0.39 is 10.0 Å². The lowest BCUT2D eigenvalue weighted by Gasteiger charge is -2.35. The summed E-state index contributed by atoms with van der Waals surface area (Å²) in [7, 11) is -3.42. The van der Waals surface area contributed by atoms with Crippen molar-refractivity contribution >= 4 is 38.5 Å². The summed E-state index contributed by atoms with van der Waals surface area (Å²) in [5.41, 5.74) is 3.39. The minimum atomic E-state index is -3.42. The molecule has 0 saturated carbocycles. The summed E-state index contributed by atoms with van der Waals surface area (Å²) < 4.78 is 29.6. The second kappa shape index (κ2) is 10.8. The molecule has 198 valence electrons. The van der Waals surface area contributed by atoms with Crippen LogP contribution in [0, 0.1) is 0 Å². The van der Waals surface area contributed by atoms with Crippen LogP contribution in [0.2, 0.25) is 5.02 Å². The molecular formula is C29H27ClN6O2S. The third-order valence-electron chi connectivity index (χ3n) is 6.84. The second-order valence-electron chi connectivity index (χ2n) is 9.53. The first-order valence-electron chi connectivity index (χ1n) is 12.8. The highest BCUT2D eigenvalue weighted by molar-refractivity contribution is 7.88. The Morgan fingerprint density at radius 2 is 1.49 bits per heavy atom. The summed E-state index contributed by atoms with van der Waals surface area (Å²) in [5.74, 6) is 1.44. The van der Waals surface area contributed by atoms with E-state index in [4.69, 9.17) is 21.6 Å². The van der Waals surface area contributed by atoms with E-state index in [1.54, 1.807) is 15.2 Å². The molecule has 0 radical (unpaired) electrons. The van der Waals surface area contributed by atoms with Crippen LogP contribution in [0.5, 0.6) is 0 Å². The molecule has 2 aromatic heterocycles. The van der Waals surface area contributed by atoms with Crippen LogP contribution in [0.1, 0.15) is 17.0 Å². The van der Waals surface area contributed by atoms with Crippen LogP contribution < -0.4 is 4.90 Å². The maximum absolute atomic E-state index is 13.1. The molecule has 0 unspecified atom stereocenters. The van der Waals surface area contributed by atoms with Gasteiger partial charge >= 0.3 is 0 Å².